The van der Waals surface area contributed by atoms with Gasteiger partial charge in [0.1, 0.15) is 12.1 Å². The Hall–Kier alpha value is -1.91. The van der Waals surface area contributed by atoms with E-state index in [0.29, 0.717) is 0 Å². The first kappa shape index (κ1) is 15.5. The quantitative estimate of drug-likeness (QED) is 0.904. The van der Waals surface area contributed by atoms with E-state index in [9.17, 15) is 9.59 Å². The van der Waals surface area contributed by atoms with Crippen molar-refractivity contribution in [2.45, 2.75) is 52.7 Å². The van der Waals surface area contributed by atoms with Gasteiger partial charge in [0.05, 0.1) is 6.04 Å². The monoisotopic (exact) mass is 289 g/mol. The molecule has 1 fully saturated rings. The van der Waals surface area contributed by atoms with E-state index in [-0.39, 0.29) is 23.3 Å². The average Bonchev–Trinajstić information content (AvgIpc) is 2.42. The van der Waals surface area contributed by atoms with Crippen LogP contribution < -0.4 is 5.32 Å². The first-order valence-electron chi connectivity index (χ1n) is 7.26. The van der Waals surface area contributed by atoms with Crippen LogP contribution in [-0.2, 0) is 9.59 Å². The summed E-state index contributed by atoms with van der Waals surface area (Å²) in [7, 11) is 0. The topological polar surface area (TPSA) is 62.3 Å². The molecule has 0 aromatic carbocycles. The Balaban J connectivity index is 2.35. The molecule has 3 atom stereocenters. The van der Waals surface area contributed by atoms with E-state index >= 15 is 0 Å². The van der Waals surface area contributed by atoms with Crippen molar-refractivity contribution in [1.82, 2.24) is 15.2 Å². The van der Waals surface area contributed by atoms with Gasteiger partial charge in [0.15, 0.2) is 0 Å². The smallest absolute Gasteiger partial charge is 0.246 e. The Morgan fingerprint density at radius 2 is 2.00 bits per heavy atom. The summed E-state index contributed by atoms with van der Waals surface area (Å²) >= 11 is 0. The van der Waals surface area contributed by atoms with E-state index in [2.05, 4.69) is 10.3 Å². The molecular formula is C16H23N3O2. The Morgan fingerprint density at radius 3 is 2.52 bits per heavy atom. The van der Waals surface area contributed by atoms with Crippen molar-refractivity contribution in [3.8, 4) is 0 Å². The maximum Gasteiger partial charge on any atom is 0.246 e. The van der Waals surface area contributed by atoms with Gasteiger partial charge in [-0.2, -0.15) is 0 Å². The van der Waals surface area contributed by atoms with Crippen LogP contribution in [0.5, 0.6) is 0 Å². The molecule has 0 saturated carbocycles. The summed E-state index contributed by atoms with van der Waals surface area (Å²) in [6.07, 6.45) is 3.44. The number of amides is 2. The fraction of sp³-hybridized carbons (Fsp3) is 0.562. The number of piperazine rings is 1. The highest BCUT2D eigenvalue weighted by molar-refractivity contribution is 5.97. The molecule has 2 rings (SSSR count). The fourth-order valence-corrected chi connectivity index (χ4v) is 2.69. The van der Waals surface area contributed by atoms with Crippen molar-refractivity contribution in [3.05, 3.63) is 30.1 Å². The molecule has 3 unspecified atom stereocenters. The summed E-state index contributed by atoms with van der Waals surface area (Å²) in [4.78, 5) is 30.8. The zero-order valence-corrected chi connectivity index (χ0v) is 13.3. The van der Waals surface area contributed by atoms with Gasteiger partial charge < -0.3 is 10.2 Å². The first-order valence-corrected chi connectivity index (χ1v) is 7.26. The van der Waals surface area contributed by atoms with Crippen molar-refractivity contribution in [3.63, 3.8) is 0 Å². The molecule has 2 heterocycles. The number of rotatable bonds is 2. The third-order valence-corrected chi connectivity index (χ3v) is 4.03. The van der Waals surface area contributed by atoms with Gasteiger partial charge in [0.2, 0.25) is 11.8 Å². The lowest BCUT2D eigenvalue weighted by Crippen LogP contribution is -2.66. The Bertz CT molecular complexity index is 536. The lowest BCUT2D eigenvalue weighted by molar-refractivity contribution is -0.154. The van der Waals surface area contributed by atoms with Crippen LogP contribution in [-0.4, -0.2) is 33.8 Å². The standard InChI is InChI=1S/C16H23N3O2/c1-10(12-7-6-8-17-9-12)19-11(2)14(20)18-13(15(19)21)16(3,4)5/h6-11,13H,1-5H3,(H,18,20). The van der Waals surface area contributed by atoms with Gasteiger partial charge >= 0.3 is 0 Å². The van der Waals surface area contributed by atoms with Crippen molar-refractivity contribution in [1.29, 1.82) is 0 Å². The van der Waals surface area contributed by atoms with Crippen molar-refractivity contribution in [2.24, 2.45) is 5.41 Å². The molecule has 5 nitrogen and oxygen atoms in total. The van der Waals surface area contributed by atoms with Crippen LogP contribution in [0.1, 0.15) is 46.2 Å². The second-order valence-electron chi connectivity index (χ2n) is 6.69. The number of hydrogen-bond acceptors (Lipinski definition) is 3. The molecule has 21 heavy (non-hydrogen) atoms. The number of aromatic nitrogens is 1. The Labute approximate surface area is 125 Å². The van der Waals surface area contributed by atoms with Crippen molar-refractivity contribution >= 4 is 11.8 Å². The van der Waals surface area contributed by atoms with E-state index in [1.807, 2.05) is 39.8 Å². The average molecular weight is 289 g/mol. The molecule has 0 spiro atoms. The van der Waals surface area contributed by atoms with Gasteiger partial charge in [0, 0.05) is 12.4 Å². The van der Waals surface area contributed by atoms with Crippen LogP contribution in [0.25, 0.3) is 0 Å². The highest BCUT2D eigenvalue weighted by Crippen LogP contribution is 2.30. The van der Waals surface area contributed by atoms with Gasteiger partial charge in [-0.25, -0.2) is 0 Å². The normalized spacial score (nSPS) is 24.7. The number of nitrogens with one attached hydrogen (secondary N) is 1. The first-order chi connectivity index (χ1) is 9.73. The summed E-state index contributed by atoms with van der Waals surface area (Å²) in [6.45, 7) is 9.57. The summed E-state index contributed by atoms with van der Waals surface area (Å²) in [6, 6.07) is 2.60. The van der Waals surface area contributed by atoms with Crippen LogP contribution in [0.3, 0.4) is 0 Å². The third-order valence-electron chi connectivity index (χ3n) is 4.03. The van der Waals surface area contributed by atoms with Gasteiger partial charge in [0.25, 0.3) is 0 Å². The number of hydrogen-bond donors (Lipinski definition) is 1. The summed E-state index contributed by atoms with van der Waals surface area (Å²) in [5.74, 6) is -0.142. The predicted octanol–water partition coefficient (Wildman–Crippen LogP) is 1.90. The minimum atomic E-state index is -0.500. The van der Waals surface area contributed by atoms with Crippen LogP contribution in [0.4, 0.5) is 0 Å². The number of nitrogens with zero attached hydrogens (tertiary/aromatic N) is 2. The number of pyridine rings is 1. The maximum atomic E-state index is 12.8. The molecule has 1 aliphatic rings. The zero-order chi connectivity index (χ0) is 15.8. The molecule has 1 aromatic rings. The van der Waals surface area contributed by atoms with Gasteiger partial charge in [-0.05, 0) is 30.9 Å². The van der Waals surface area contributed by atoms with E-state index in [1.54, 1.807) is 24.2 Å². The lowest BCUT2D eigenvalue weighted by Gasteiger charge is -2.44. The lowest BCUT2D eigenvalue weighted by atomic mass is 9.83. The summed E-state index contributed by atoms with van der Waals surface area (Å²) < 4.78 is 0. The van der Waals surface area contributed by atoms with Gasteiger partial charge in [-0.3, -0.25) is 14.6 Å². The highest BCUT2D eigenvalue weighted by atomic mass is 16.2. The molecule has 1 saturated heterocycles. The fourth-order valence-electron chi connectivity index (χ4n) is 2.69. The molecular weight excluding hydrogens is 266 g/mol. The summed E-state index contributed by atoms with van der Waals surface area (Å²) in [5.41, 5.74) is 0.611. The molecule has 0 aliphatic carbocycles. The molecule has 0 radical (unpaired) electrons. The molecule has 114 valence electrons. The van der Waals surface area contributed by atoms with Gasteiger partial charge in [-0.15, -0.1) is 0 Å². The van der Waals surface area contributed by atoms with Crippen LogP contribution in [0.15, 0.2) is 24.5 Å². The van der Waals surface area contributed by atoms with Crippen molar-refractivity contribution < 1.29 is 9.59 Å². The van der Waals surface area contributed by atoms with E-state index < -0.39 is 12.1 Å². The largest absolute Gasteiger partial charge is 0.342 e. The van der Waals surface area contributed by atoms with Crippen molar-refractivity contribution in [2.75, 3.05) is 0 Å². The molecule has 5 heteroatoms. The van der Waals surface area contributed by atoms with Crippen LogP contribution in [0, 0.1) is 5.41 Å². The predicted molar refractivity (Wildman–Crippen MR) is 80.3 cm³/mol. The van der Waals surface area contributed by atoms with E-state index in [0.717, 1.165) is 5.56 Å². The molecule has 1 N–H and O–H groups in total. The molecule has 2 amide bonds. The zero-order valence-electron chi connectivity index (χ0n) is 13.3. The maximum absolute atomic E-state index is 12.8. The Morgan fingerprint density at radius 1 is 1.33 bits per heavy atom. The van der Waals surface area contributed by atoms with Crippen LogP contribution >= 0.6 is 0 Å². The molecule has 0 bridgehead atoms. The minimum Gasteiger partial charge on any atom is -0.342 e. The SMILES string of the molecule is CC1C(=O)NC(C(C)(C)C)C(=O)N1C(C)c1cccnc1. The second-order valence-corrected chi connectivity index (χ2v) is 6.69. The summed E-state index contributed by atoms with van der Waals surface area (Å²) in [5, 5.41) is 2.85. The molecule has 1 aliphatic heterocycles. The minimum absolute atomic E-state index is 0.0362. The number of carbonyl (C=O) groups excluding carboxylic acids is 2. The third kappa shape index (κ3) is 2.91. The second kappa shape index (κ2) is 5.47. The van der Waals surface area contributed by atoms with Crippen LogP contribution in [0.2, 0.25) is 0 Å². The number of carbonyl (C=O) groups is 2. The van der Waals surface area contributed by atoms with Gasteiger partial charge in [-0.1, -0.05) is 26.8 Å². The highest BCUT2D eigenvalue weighted by Gasteiger charge is 2.45. The molecule has 1 aromatic heterocycles. The van der Waals surface area contributed by atoms with E-state index in [4.69, 9.17) is 0 Å². The van der Waals surface area contributed by atoms with E-state index in [1.165, 1.54) is 0 Å². The Kier molecular flexibility index (Phi) is 4.03.